The van der Waals surface area contributed by atoms with Crippen LogP contribution in [0.5, 0.6) is 0 Å². The molecule has 0 spiro atoms. The summed E-state index contributed by atoms with van der Waals surface area (Å²) in [5.74, 6) is -0.297. The maximum absolute atomic E-state index is 12.4. The van der Waals surface area contributed by atoms with Gasteiger partial charge < -0.3 is 20.1 Å². The predicted octanol–water partition coefficient (Wildman–Crippen LogP) is 13.5. The van der Waals surface area contributed by atoms with Crippen LogP contribution in [0.15, 0.2) is 48.8 Å². The first-order valence-electron chi connectivity index (χ1n) is 22.2. The number of phosphoric ester groups is 1. The summed E-state index contributed by atoms with van der Waals surface area (Å²) in [6.07, 6.45) is 50.8. The molecule has 316 valence electrons. The Labute approximate surface area is 332 Å². The van der Waals surface area contributed by atoms with Gasteiger partial charge in [-0.25, -0.2) is 4.57 Å². The average molecular weight is 782 g/mol. The number of ether oxygens (including phenoxy) is 2. The number of hydrogen-bond donors (Lipinski definition) is 2. The topological polar surface area (TPSA) is 117 Å². The third kappa shape index (κ3) is 41.5. The van der Waals surface area contributed by atoms with Gasteiger partial charge in [0.05, 0.1) is 19.5 Å². The lowest BCUT2D eigenvalue weighted by Gasteiger charge is -2.19. The molecule has 8 nitrogen and oxygen atoms in total. The van der Waals surface area contributed by atoms with E-state index in [1.165, 1.54) is 141 Å². The summed E-state index contributed by atoms with van der Waals surface area (Å²) in [6, 6.07) is 0. The minimum Gasteiger partial charge on any atom is -0.492 e. The Bertz CT molecular complexity index is 968. The number of phosphoric acid groups is 1. The Morgan fingerprint density at radius 1 is 0.574 bits per heavy atom. The molecule has 0 bridgehead atoms. The maximum Gasteiger partial charge on any atom is 0.472 e. The molecule has 2 atom stereocenters. The molecule has 0 heterocycles. The van der Waals surface area contributed by atoms with Crippen molar-refractivity contribution in [2.45, 2.75) is 206 Å². The van der Waals surface area contributed by atoms with Gasteiger partial charge in [-0.15, -0.1) is 0 Å². The first kappa shape index (κ1) is 52.3. The first-order valence-corrected chi connectivity index (χ1v) is 23.7. The maximum atomic E-state index is 12.4. The smallest absolute Gasteiger partial charge is 0.472 e. The van der Waals surface area contributed by atoms with Gasteiger partial charge in [0.1, 0.15) is 6.61 Å². The van der Waals surface area contributed by atoms with Gasteiger partial charge in [-0.05, 0) is 83.1 Å². The van der Waals surface area contributed by atoms with E-state index in [2.05, 4.69) is 50.3 Å². The molecule has 0 aliphatic rings. The fourth-order valence-electron chi connectivity index (χ4n) is 5.95. The summed E-state index contributed by atoms with van der Waals surface area (Å²) in [5, 5.41) is 0. The van der Waals surface area contributed by atoms with Crippen molar-refractivity contribution in [3.8, 4) is 0 Å². The first-order chi connectivity index (χ1) is 26.4. The van der Waals surface area contributed by atoms with Gasteiger partial charge in [-0.3, -0.25) is 13.8 Å². The third-order valence-electron chi connectivity index (χ3n) is 9.31. The predicted molar refractivity (Wildman–Crippen MR) is 228 cm³/mol. The van der Waals surface area contributed by atoms with Crippen molar-refractivity contribution in [2.75, 3.05) is 26.4 Å². The van der Waals surface area contributed by atoms with E-state index in [4.69, 9.17) is 24.3 Å². The SMILES string of the molecule is CCCCC/C=C\C/C=C\CCCCCCCCCCCC(=O)OC[C@H](COP(=O)(O)OCCN)O/C=C\CCCCCCCC/C=C\CCCCCC. The van der Waals surface area contributed by atoms with Crippen molar-refractivity contribution >= 4 is 13.8 Å². The molecule has 0 saturated heterocycles. The molecule has 0 amide bonds. The highest BCUT2D eigenvalue weighted by Gasteiger charge is 2.24. The van der Waals surface area contributed by atoms with Crippen molar-refractivity contribution < 1.29 is 32.8 Å². The van der Waals surface area contributed by atoms with Crippen LogP contribution in [0.25, 0.3) is 0 Å². The van der Waals surface area contributed by atoms with Crippen molar-refractivity contribution in [1.82, 2.24) is 0 Å². The second-order valence-electron chi connectivity index (χ2n) is 14.6. The normalized spacial score (nSPS) is 13.9. The Balaban J connectivity index is 4.06. The van der Waals surface area contributed by atoms with Crippen molar-refractivity contribution in [3.63, 3.8) is 0 Å². The Hall–Kier alpha value is -1.70. The molecule has 0 aliphatic carbocycles. The van der Waals surface area contributed by atoms with Crippen molar-refractivity contribution in [2.24, 2.45) is 5.73 Å². The Morgan fingerprint density at radius 3 is 1.52 bits per heavy atom. The number of carbonyl (C=O) groups excluding carboxylic acids is 1. The van der Waals surface area contributed by atoms with Crippen LogP contribution in [0.1, 0.15) is 200 Å². The molecule has 0 aromatic heterocycles. The molecule has 0 radical (unpaired) electrons. The summed E-state index contributed by atoms with van der Waals surface area (Å²) < 4.78 is 33.2. The standard InChI is InChI=1S/C45H84NO7P/c1-3-5-7-9-11-13-15-17-19-21-22-23-24-26-28-30-32-34-36-38-45(47)51-42-44(43-53-54(48,49)52-41-39-46)50-40-37-35-33-31-29-27-25-20-18-16-14-12-10-8-6-4-2/h11,13-14,16-17,19,37,40,44H,3-10,12,15,18,20-36,38-39,41-43,46H2,1-2H3,(H,48,49)/b13-11-,16-14-,19-17-,40-37-/t44-/m1/s1. The second-order valence-corrected chi connectivity index (χ2v) is 16.1. The number of allylic oxidation sites excluding steroid dienone is 7. The lowest BCUT2D eigenvalue weighted by molar-refractivity contribution is -0.147. The molecule has 0 saturated carbocycles. The Morgan fingerprint density at radius 2 is 1.00 bits per heavy atom. The lowest BCUT2D eigenvalue weighted by Crippen LogP contribution is -2.25. The van der Waals surface area contributed by atoms with E-state index in [1.807, 2.05) is 6.08 Å². The monoisotopic (exact) mass is 782 g/mol. The fourth-order valence-corrected chi connectivity index (χ4v) is 6.71. The number of hydrogen-bond acceptors (Lipinski definition) is 7. The molecule has 0 aliphatic heterocycles. The third-order valence-corrected chi connectivity index (χ3v) is 10.3. The van der Waals surface area contributed by atoms with E-state index in [1.54, 1.807) is 6.26 Å². The van der Waals surface area contributed by atoms with Gasteiger partial charge >= 0.3 is 13.8 Å². The highest BCUT2D eigenvalue weighted by Crippen LogP contribution is 2.43. The summed E-state index contributed by atoms with van der Waals surface area (Å²) >= 11 is 0. The molecule has 1 unspecified atom stereocenters. The lowest BCUT2D eigenvalue weighted by atomic mass is 10.1. The van der Waals surface area contributed by atoms with Gasteiger partial charge in [-0.1, -0.05) is 153 Å². The van der Waals surface area contributed by atoms with Crippen LogP contribution in [0.4, 0.5) is 0 Å². The number of esters is 1. The molecule has 0 rings (SSSR count). The van der Waals surface area contributed by atoms with Crippen LogP contribution in [-0.2, 0) is 27.9 Å². The van der Waals surface area contributed by atoms with Gasteiger partial charge in [-0.2, -0.15) is 0 Å². The summed E-state index contributed by atoms with van der Waals surface area (Å²) in [5.41, 5.74) is 5.37. The zero-order chi connectivity index (χ0) is 39.5. The summed E-state index contributed by atoms with van der Waals surface area (Å²) in [6.45, 7) is 4.17. The minimum atomic E-state index is -4.27. The van der Waals surface area contributed by atoms with Crippen LogP contribution < -0.4 is 5.73 Å². The van der Waals surface area contributed by atoms with Crippen LogP contribution >= 0.6 is 7.82 Å². The minimum absolute atomic E-state index is 0.0694. The number of carbonyl (C=O) groups is 1. The molecule has 54 heavy (non-hydrogen) atoms. The van der Waals surface area contributed by atoms with Gasteiger partial charge in [0.25, 0.3) is 0 Å². The second kappa shape index (κ2) is 42.4. The van der Waals surface area contributed by atoms with Crippen LogP contribution in [-0.4, -0.2) is 43.3 Å². The average Bonchev–Trinajstić information content (AvgIpc) is 3.16. The van der Waals surface area contributed by atoms with E-state index >= 15 is 0 Å². The molecule has 0 aromatic carbocycles. The quantitative estimate of drug-likeness (QED) is 0.0207. The van der Waals surface area contributed by atoms with Gasteiger partial charge in [0, 0.05) is 13.0 Å². The highest BCUT2D eigenvalue weighted by atomic mass is 31.2. The van der Waals surface area contributed by atoms with Crippen molar-refractivity contribution in [1.29, 1.82) is 0 Å². The van der Waals surface area contributed by atoms with E-state index < -0.39 is 13.9 Å². The molecule has 3 N–H and O–H groups in total. The van der Waals surface area contributed by atoms with Gasteiger partial charge in [0.2, 0.25) is 0 Å². The largest absolute Gasteiger partial charge is 0.492 e. The van der Waals surface area contributed by atoms with E-state index in [0.717, 1.165) is 38.5 Å². The molecule has 0 aromatic rings. The zero-order valence-corrected chi connectivity index (χ0v) is 35.8. The van der Waals surface area contributed by atoms with E-state index in [-0.39, 0.29) is 32.3 Å². The number of unbranched alkanes of at least 4 members (excludes halogenated alkanes) is 23. The highest BCUT2D eigenvalue weighted by molar-refractivity contribution is 7.47. The van der Waals surface area contributed by atoms with Gasteiger partial charge in [0.15, 0.2) is 6.10 Å². The Kier molecular flexibility index (Phi) is 41.1. The fraction of sp³-hybridized carbons (Fsp3) is 0.800. The van der Waals surface area contributed by atoms with Crippen molar-refractivity contribution in [3.05, 3.63) is 48.8 Å². The molecule has 9 heteroatoms. The molecular weight excluding hydrogens is 697 g/mol. The summed E-state index contributed by atoms with van der Waals surface area (Å²) in [7, 11) is -4.27. The van der Waals surface area contributed by atoms with E-state index in [0.29, 0.717) is 6.42 Å². The number of nitrogens with two attached hydrogens (primary N) is 1. The molecule has 0 fully saturated rings. The molecular formula is C45H84NO7P. The van der Waals surface area contributed by atoms with E-state index in [9.17, 15) is 14.3 Å². The van der Waals surface area contributed by atoms with Crippen LogP contribution in [0.3, 0.4) is 0 Å². The number of rotatable bonds is 42. The zero-order valence-electron chi connectivity index (χ0n) is 35.0. The van der Waals surface area contributed by atoms with Crippen LogP contribution in [0.2, 0.25) is 0 Å². The summed E-state index contributed by atoms with van der Waals surface area (Å²) in [4.78, 5) is 22.3. The van der Waals surface area contributed by atoms with Crippen LogP contribution in [0, 0.1) is 0 Å².